The van der Waals surface area contributed by atoms with Crippen molar-refractivity contribution < 1.29 is 18.0 Å². The van der Waals surface area contributed by atoms with Crippen molar-refractivity contribution in [1.29, 1.82) is 0 Å². The molecule has 1 fully saturated rings. The summed E-state index contributed by atoms with van der Waals surface area (Å²) in [5.74, 6) is 3.46. The second-order valence-electron chi connectivity index (χ2n) is 2.10. The van der Waals surface area contributed by atoms with Crippen LogP contribution >= 0.6 is 12.4 Å². The summed E-state index contributed by atoms with van der Waals surface area (Å²) in [5.41, 5.74) is 1.75. The van der Waals surface area contributed by atoms with Gasteiger partial charge in [-0.2, -0.15) is 13.2 Å². The Balaban J connectivity index is 0. The number of rotatable bonds is 1. The zero-order chi connectivity index (χ0) is 8.91. The van der Waals surface area contributed by atoms with Gasteiger partial charge in [0, 0.05) is 0 Å². The van der Waals surface area contributed by atoms with Crippen LogP contribution in [-0.2, 0) is 4.79 Å². The second-order valence-corrected chi connectivity index (χ2v) is 2.10. The third-order valence-electron chi connectivity index (χ3n) is 1.11. The van der Waals surface area contributed by atoms with Crippen molar-refractivity contribution in [3.8, 4) is 0 Å². The fourth-order valence-electron chi connectivity index (χ4n) is 0.411. The molecule has 0 unspecified atom stereocenters. The number of carbonyl (C=O) groups excluding carboxylic acids is 1. The van der Waals surface area contributed by atoms with Crippen LogP contribution in [0.4, 0.5) is 13.2 Å². The Kier molecular flexibility index (Phi) is 7.12. The molecule has 0 heterocycles. The van der Waals surface area contributed by atoms with E-state index in [-0.39, 0.29) is 12.4 Å². The molecule has 12 heavy (non-hydrogen) atoms. The summed E-state index contributed by atoms with van der Waals surface area (Å²) >= 11 is 0. The Bertz CT molecular complexity index is 126. The van der Waals surface area contributed by atoms with E-state index < -0.39 is 12.1 Å². The van der Waals surface area contributed by atoms with Gasteiger partial charge in [-0.15, -0.1) is 12.4 Å². The fraction of sp³-hybridized carbons (Fsp3) is 0.800. The van der Waals surface area contributed by atoms with Crippen LogP contribution in [0, 0.1) is 5.92 Å². The van der Waals surface area contributed by atoms with Gasteiger partial charge in [-0.25, -0.2) is 5.84 Å². The Labute approximate surface area is 73.9 Å². The van der Waals surface area contributed by atoms with E-state index in [0.717, 1.165) is 0 Å². The fourth-order valence-corrected chi connectivity index (χ4v) is 0.411. The van der Waals surface area contributed by atoms with Crippen LogP contribution < -0.4 is 11.3 Å². The van der Waals surface area contributed by atoms with Gasteiger partial charge in [0.2, 0.25) is 6.41 Å². The van der Waals surface area contributed by atoms with Crippen LogP contribution in [0.5, 0.6) is 0 Å². The normalized spacial score (nSPS) is 15.0. The Morgan fingerprint density at radius 1 is 1.42 bits per heavy atom. The summed E-state index contributed by atoms with van der Waals surface area (Å²) in [6, 6.07) is 0. The molecule has 74 valence electrons. The summed E-state index contributed by atoms with van der Waals surface area (Å²) < 4.78 is 33.7. The first-order valence-electron chi connectivity index (χ1n) is 2.99. The number of nitrogens with two attached hydrogens (primary N) is 1. The molecule has 0 aromatic heterocycles. The van der Waals surface area contributed by atoms with E-state index >= 15 is 0 Å². The van der Waals surface area contributed by atoms with Crippen LogP contribution in [0.2, 0.25) is 0 Å². The van der Waals surface area contributed by atoms with Gasteiger partial charge in [-0.3, -0.25) is 10.2 Å². The standard InChI is InChI=1S/C4H5F3.CH4N2O.ClH/c5-4(6,7)3-1-2-3;2-3-1-4;/h3H,1-2H2;1H,2H2,(H,3,4);1H. The lowest BCUT2D eigenvalue weighted by atomic mass is 10.4. The lowest BCUT2D eigenvalue weighted by Gasteiger charge is -1.99. The van der Waals surface area contributed by atoms with Crippen molar-refractivity contribution >= 4 is 18.8 Å². The average molecular weight is 207 g/mol. The Morgan fingerprint density at radius 2 is 1.75 bits per heavy atom. The van der Waals surface area contributed by atoms with Gasteiger partial charge in [0.1, 0.15) is 0 Å². The van der Waals surface area contributed by atoms with Crippen LogP contribution in [0.15, 0.2) is 0 Å². The van der Waals surface area contributed by atoms with Crippen molar-refractivity contribution in [2.75, 3.05) is 0 Å². The number of alkyl halides is 3. The molecule has 1 saturated carbocycles. The van der Waals surface area contributed by atoms with E-state index in [2.05, 4.69) is 5.84 Å². The van der Waals surface area contributed by atoms with Gasteiger partial charge < -0.3 is 0 Å². The molecule has 0 radical (unpaired) electrons. The predicted molar refractivity (Wildman–Crippen MR) is 39.4 cm³/mol. The molecule has 7 heteroatoms. The van der Waals surface area contributed by atoms with Gasteiger partial charge >= 0.3 is 6.18 Å². The number of hydrogen-bond donors (Lipinski definition) is 2. The molecule has 1 aliphatic rings. The maximum atomic E-state index is 11.2. The van der Waals surface area contributed by atoms with E-state index in [1.165, 1.54) is 0 Å². The Hall–Kier alpha value is -0.490. The van der Waals surface area contributed by atoms with Crippen molar-refractivity contribution in [2.24, 2.45) is 11.8 Å². The zero-order valence-corrected chi connectivity index (χ0v) is 6.91. The summed E-state index contributed by atoms with van der Waals surface area (Å²) in [4.78, 5) is 8.94. The average Bonchev–Trinajstić information content (AvgIpc) is 2.67. The molecule has 1 amide bonds. The molecule has 1 rings (SSSR count). The molecule has 0 bridgehead atoms. The maximum Gasteiger partial charge on any atom is 0.391 e. The number of hydrazine groups is 1. The van der Waals surface area contributed by atoms with Gasteiger partial charge in [0.05, 0.1) is 5.92 Å². The van der Waals surface area contributed by atoms with Crippen molar-refractivity contribution in [2.45, 2.75) is 19.0 Å². The van der Waals surface area contributed by atoms with Crippen LogP contribution in [-0.4, -0.2) is 12.6 Å². The minimum absolute atomic E-state index is 0. The third kappa shape index (κ3) is 7.62. The zero-order valence-electron chi connectivity index (χ0n) is 6.10. The van der Waals surface area contributed by atoms with E-state index in [1.54, 1.807) is 5.43 Å². The number of halogens is 4. The molecule has 1 aliphatic carbocycles. The minimum Gasteiger partial charge on any atom is -0.297 e. The highest BCUT2D eigenvalue weighted by molar-refractivity contribution is 5.85. The second kappa shape index (κ2) is 6.07. The highest BCUT2D eigenvalue weighted by Crippen LogP contribution is 2.43. The third-order valence-corrected chi connectivity index (χ3v) is 1.11. The summed E-state index contributed by atoms with van der Waals surface area (Å²) in [6.45, 7) is 0. The monoisotopic (exact) mass is 206 g/mol. The van der Waals surface area contributed by atoms with Crippen LogP contribution in [0.3, 0.4) is 0 Å². The smallest absolute Gasteiger partial charge is 0.297 e. The molecule has 0 aliphatic heterocycles. The molecule has 3 N–H and O–H groups in total. The number of nitrogens with one attached hydrogen (secondary N) is 1. The van der Waals surface area contributed by atoms with Crippen molar-refractivity contribution in [3.05, 3.63) is 0 Å². The first-order chi connectivity index (χ1) is 5.02. The van der Waals surface area contributed by atoms with Crippen LogP contribution in [0.25, 0.3) is 0 Å². The Morgan fingerprint density at radius 3 is 1.75 bits per heavy atom. The number of hydrogen-bond acceptors (Lipinski definition) is 2. The summed E-state index contributed by atoms with van der Waals surface area (Å²) in [7, 11) is 0. The first kappa shape index (κ1) is 14.1. The van der Waals surface area contributed by atoms with E-state index in [0.29, 0.717) is 19.3 Å². The first-order valence-corrected chi connectivity index (χ1v) is 2.99. The topological polar surface area (TPSA) is 55.1 Å². The van der Waals surface area contributed by atoms with Crippen molar-refractivity contribution in [3.63, 3.8) is 0 Å². The molecular formula is C5H10ClF3N2O. The summed E-state index contributed by atoms with van der Waals surface area (Å²) in [6.07, 6.45) is -2.78. The number of amides is 1. The molecule has 0 saturated heterocycles. The SMILES string of the molecule is Cl.FC(F)(F)C1CC1.NNC=O. The molecule has 3 nitrogen and oxygen atoms in total. The lowest BCUT2D eigenvalue weighted by molar-refractivity contribution is -0.147. The summed E-state index contributed by atoms with van der Waals surface area (Å²) in [5, 5.41) is 0. The van der Waals surface area contributed by atoms with Gasteiger partial charge in [-0.05, 0) is 12.8 Å². The molecular weight excluding hydrogens is 197 g/mol. The van der Waals surface area contributed by atoms with Gasteiger partial charge in [0.25, 0.3) is 0 Å². The van der Waals surface area contributed by atoms with E-state index in [1.807, 2.05) is 0 Å². The predicted octanol–water partition coefficient (Wildman–Crippen LogP) is 0.987. The largest absolute Gasteiger partial charge is 0.391 e. The lowest BCUT2D eigenvalue weighted by Crippen LogP contribution is -2.18. The number of carbonyl (C=O) groups is 1. The minimum atomic E-state index is -3.89. The highest BCUT2D eigenvalue weighted by Gasteiger charge is 2.46. The van der Waals surface area contributed by atoms with E-state index in [9.17, 15) is 13.2 Å². The van der Waals surface area contributed by atoms with Crippen LogP contribution in [0.1, 0.15) is 12.8 Å². The molecule has 0 spiro atoms. The molecule has 0 atom stereocenters. The van der Waals surface area contributed by atoms with E-state index in [4.69, 9.17) is 4.79 Å². The van der Waals surface area contributed by atoms with Gasteiger partial charge in [-0.1, -0.05) is 0 Å². The molecule has 0 aromatic carbocycles. The highest BCUT2D eigenvalue weighted by atomic mass is 35.5. The quantitative estimate of drug-likeness (QED) is 0.291. The van der Waals surface area contributed by atoms with Crippen molar-refractivity contribution in [1.82, 2.24) is 5.43 Å². The molecule has 0 aromatic rings. The van der Waals surface area contributed by atoms with Gasteiger partial charge in [0.15, 0.2) is 0 Å². The maximum absolute atomic E-state index is 11.2.